The number of alkyl halides is 3. The van der Waals surface area contributed by atoms with E-state index in [1.165, 1.54) is 5.70 Å². The summed E-state index contributed by atoms with van der Waals surface area (Å²) in [5.74, 6) is 0.401. The summed E-state index contributed by atoms with van der Waals surface area (Å²) in [5, 5.41) is 13.2. The summed E-state index contributed by atoms with van der Waals surface area (Å²) in [5.41, 5.74) is 2.94. The molecule has 2 aliphatic heterocycles. The third-order valence-corrected chi connectivity index (χ3v) is 8.22. The highest BCUT2D eigenvalue weighted by atomic mass is 32.2. The topological polar surface area (TPSA) is 73.8 Å². The normalized spacial score (nSPS) is 22.9. The number of nitrogens with one attached hydrogen (secondary N) is 1. The lowest BCUT2D eigenvalue weighted by Gasteiger charge is -2.30. The van der Waals surface area contributed by atoms with E-state index in [-0.39, 0.29) is 17.9 Å². The van der Waals surface area contributed by atoms with Crippen molar-refractivity contribution in [1.82, 2.24) is 14.9 Å². The maximum Gasteiger partial charge on any atom is 0.433 e. The molecule has 1 atom stereocenters. The van der Waals surface area contributed by atoms with E-state index in [2.05, 4.69) is 31.2 Å². The number of aliphatic hydroxyl groups excluding tert-OH is 1. The van der Waals surface area contributed by atoms with Crippen LogP contribution in [0.25, 0.3) is 4.91 Å². The molecule has 6 rings (SSSR count). The van der Waals surface area contributed by atoms with Gasteiger partial charge in [-0.2, -0.15) is 13.2 Å². The zero-order valence-corrected chi connectivity index (χ0v) is 20.5. The zero-order valence-electron chi connectivity index (χ0n) is 19.7. The fourth-order valence-corrected chi connectivity index (χ4v) is 6.32. The standard InChI is InChI=1S/C25H28F3N5O2S/c26-25(27,28)20-5-6-29-24(31-20)30-17-11-16(12-19(13-17)32-7-9-35-10-8-32)23-22(15-1-2-15)33(18-3-4-18)21(14-34)36-23/h5-6,11-13,15,18,21,34H,1-4,7-10,14H2,(H,29,30,31). The molecule has 1 aromatic heterocycles. The molecule has 0 radical (unpaired) electrons. The Bertz CT molecular complexity index is 1160. The van der Waals surface area contributed by atoms with Crippen molar-refractivity contribution in [2.45, 2.75) is 43.3 Å². The number of anilines is 3. The minimum Gasteiger partial charge on any atom is -0.393 e. The molecule has 2 N–H and O–H groups in total. The Hall–Kier alpha value is -2.50. The Morgan fingerprint density at radius 2 is 1.89 bits per heavy atom. The average Bonchev–Trinajstić information content (AvgIpc) is 3.82. The molecule has 2 aromatic rings. The molecule has 0 spiro atoms. The van der Waals surface area contributed by atoms with Gasteiger partial charge < -0.3 is 25.0 Å². The molecule has 1 saturated heterocycles. The Labute approximate surface area is 211 Å². The van der Waals surface area contributed by atoms with Gasteiger partial charge in [-0.25, -0.2) is 9.97 Å². The number of rotatable bonds is 7. The monoisotopic (exact) mass is 519 g/mol. The first-order valence-electron chi connectivity index (χ1n) is 12.4. The van der Waals surface area contributed by atoms with Crippen LogP contribution in [0.4, 0.5) is 30.5 Å². The summed E-state index contributed by atoms with van der Waals surface area (Å²) in [6, 6.07) is 7.39. The fraction of sp³-hybridized carbons (Fsp3) is 0.520. The summed E-state index contributed by atoms with van der Waals surface area (Å²) in [6.07, 6.45) is 1.16. The van der Waals surface area contributed by atoms with Crippen molar-refractivity contribution < 1.29 is 23.0 Å². The Balaban J connectivity index is 1.40. The first-order valence-corrected chi connectivity index (χ1v) is 13.2. The number of benzene rings is 1. The van der Waals surface area contributed by atoms with Gasteiger partial charge in [0.2, 0.25) is 5.95 Å². The molecule has 4 aliphatic rings. The number of aromatic nitrogens is 2. The lowest BCUT2D eigenvalue weighted by atomic mass is 10.1. The third-order valence-electron chi connectivity index (χ3n) is 6.89. The third kappa shape index (κ3) is 4.88. The summed E-state index contributed by atoms with van der Waals surface area (Å²) < 4.78 is 45.2. The number of thioether (sulfide) groups is 1. The van der Waals surface area contributed by atoms with E-state index in [0.29, 0.717) is 30.9 Å². The molecule has 7 nitrogen and oxygen atoms in total. The summed E-state index contributed by atoms with van der Waals surface area (Å²) >= 11 is 1.70. The van der Waals surface area contributed by atoms with Crippen molar-refractivity contribution in [3.05, 3.63) is 47.4 Å². The molecule has 2 saturated carbocycles. The number of morpholine rings is 1. The van der Waals surface area contributed by atoms with Gasteiger partial charge in [0.15, 0.2) is 0 Å². The van der Waals surface area contributed by atoms with Gasteiger partial charge in [-0.05, 0) is 55.5 Å². The molecule has 1 aromatic carbocycles. The highest BCUT2D eigenvalue weighted by Crippen LogP contribution is 2.56. The Morgan fingerprint density at radius 1 is 1.11 bits per heavy atom. The Morgan fingerprint density at radius 3 is 2.56 bits per heavy atom. The van der Waals surface area contributed by atoms with Crippen LogP contribution < -0.4 is 10.2 Å². The SMILES string of the molecule is OCC1SC(c2cc(Nc3nccc(C(F)(F)F)n3)cc(N3CCOCC3)c2)=C(C2CC2)N1C1CC1. The van der Waals surface area contributed by atoms with Crippen molar-refractivity contribution in [3.63, 3.8) is 0 Å². The molecule has 0 bridgehead atoms. The largest absolute Gasteiger partial charge is 0.433 e. The second kappa shape index (κ2) is 9.42. The highest BCUT2D eigenvalue weighted by Gasteiger charge is 2.46. The van der Waals surface area contributed by atoms with Crippen molar-refractivity contribution in [2.24, 2.45) is 5.92 Å². The lowest BCUT2D eigenvalue weighted by molar-refractivity contribution is -0.141. The van der Waals surface area contributed by atoms with Crippen molar-refractivity contribution in [3.8, 4) is 0 Å². The second-order valence-electron chi connectivity index (χ2n) is 9.64. The van der Waals surface area contributed by atoms with Crippen LogP contribution in [0.3, 0.4) is 0 Å². The van der Waals surface area contributed by atoms with E-state index in [1.54, 1.807) is 11.8 Å². The molecule has 11 heteroatoms. The highest BCUT2D eigenvalue weighted by molar-refractivity contribution is 8.09. The number of halogens is 3. The number of hydrogen-bond acceptors (Lipinski definition) is 8. The molecule has 192 valence electrons. The first-order chi connectivity index (χ1) is 17.4. The maximum atomic E-state index is 13.2. The van der Waals surface area contributed by atoms with E-state index < -0.39 is 11.9 Å². The molecule has 3 fully saturated rings. The molecule has 0 amide bonds. The van der Waals surface area contributed by atoms with Crippen LogP contribution in [-0.4, -0.2) is 64.3 Å². The van der Waals surface area contributed by atoms with Crippen molar-refractivity contribution in [2.75, 3.05) is 43.1 Å². The second-order valence-corrected chi connectivity index (χ2v) is 10.8. The number of hydrogen-bond donors (Lipinski definition) is 2. The van der Waals surface area contributed by atoms with E-state index in [0.717, 1.165) is 67.2 Å². The smallest absolute Gasteiger partial charge is 0.393 e. The van der Waals surface area contributed by atoms with Gasteiger partial charge in [0, 0.05) is 53.2 Å². The van der Waals surface area contributed by atoms with Gasteiger partial charge >= 0.3 is 6.18 Å². The molecular formula is C25H28F3N5O2S. The van der Waals surface area contributed by atoms with Crippen LogP contribution in [-0.2, 0) is 10.9 Å². The van der Waals surface area contributed by atoms with Gasteiger partial charge in [0.25, 0.3) is 0 Å². The quantitative estimate of drug-likeness (QED) is 0.546. The Kier molecular flexibility index (Phi) is 6.25. The zero-order chi connectivity index (χ0) is 24.9. The van der Waals surface area contributed by atoms with Crippen molar-refractivity contribution in [1.29, 1.82) is 0 Å². The lowest BCUT2D eigenvalue weighted by Crippen LogP contribution is -2.36. The fourth-order valence-electron chi connectivity index (χ4n) is 4.93. The van der Waals surface area contributed by atoms with Crippen LogP contribution in [0.5, 0.6) is 0 Å². The molecule has 36 heavy (non-hydrogen) atoms. The van der Waals surface area contributed by atoms with E-state index in [4.69, 9.17) is 4.74 Å². The van der Waals surface area contributed by atoms with Crippen LogP contribution in [0.15, 0.2) is 36.2 Å². The van der Waals surface area contributed by atoms with Gasteiger partial charge in [0.1, 0.15) is 11.1 Å². The summed E-state index contributed by atoms with van der Waals surface area (Å²) in [6.45, 7) is 2.79. The van der Waals surface area contributed by atoms with Crippen LogP contribution in [0.2, 0.25) is 0 Å². The van der Waals surface area contributed by atoms with Gasteiger partial charge in [-0.1, -0.05) is 11.8 Å². The molecular weight excluding hydrogens is 491 g/mol. The van der Waals surface area contributed by atoms with Gasteiger partial charge in [-0.15, -0.1) is 0 Å². The number of aliphatic hydroxyl groups is 1. The summed E-state index contributed by atoms with van der Waals surface area (Å²) in [7, 11) is 0. The van der Waals surface area contributed by atoms with E-state index in [9.17, 15) is 18.3 Å². The van der Waals surface area contributed by atoms with Crippen LogP contribution in [0.1, 0.15) is 36.9 Å². The number of nitrogens with zero attached hydrogens (tertiary/aromatic N) is 4. The van der Waals surface area contributed by atoms with Gasteiger partial charge in [-0.3, -0.25) is 0 Å². The van der Waals surface area contributed by atoms with Crippen LogP contribution >= 0.6 is 11.8 Å². The maximum absolute atomic E-state index is 13.2. The van der Waals surface area contributed by atoms with E-state index in [1.807, 2.05) is 12.1 Å². The number of allylic oxidation sites excluding steroid dienone is 1. The molecule has 2 aliphatic carbocycles. The predicted molar refractivity (Wildman–Crippen MR) is 133 cm³/mol. The average molecular weight is 520 g/mol. The first kappa shape index (κ1) is 23.9. The predicted octanol–water partition coefficient (Wildman–Crippen LogP) is 4.68. The van der Waals surface area contributed by atoms with E-state index >= 15 is 0 Å². The molecule has 1 unspecified atom stereocenters. The van der Waals surface area contributed by atoms with Crippen LogP contribution in [0, 0.1) is 5.92 Å². The minimum absolute atomic E-state index is 0.00153. The number of ether oxygens (including phenoxy) is 1. The molecule has 3 heterocycles. The summed E-state index contributed by atoms with van der Waals surface area (Å²) in [4.78, 5) is 13.5. The van der Waals surface area contributed by atoms with Gasteiger partial charge in [0.05, 0.1) is 19.8 Å². The van der Waals surface area contributed by atoms with Crippen molar-refractivity contribution >= 4 is 34.0 Å². The minimum atomic E-state index is -4.55.